The maximum atomic E-state index is 11.8. The highest BCUT2D eigenvalue weighted by Gasteiger charge is 2.23. The molecule has 0 aliphatic carbocycles. The first kappa shape index (κ1) is 14.2. The van der Waals surface area contributed by atoms with E-state index in [4.69, 9.17) is 28.3 Å². The van der Waals surface area contributed by atoms with Crippen molar-refractivity contribution in [1.29, 1.82) is 0 Å². The summed E-state index contributed by atoms with van der Waals surface area (Å²) in [4.78, 5) is -0.0453. The largest absolute Gasteiger partial charge is 0.395 e. The third-order valence-corrected chi connectivity index (χ3v) is 5.22. The molecule has 0 saturated carbocycles. The van der Waals surface area contributed by atoms with Crippen molar-refractivity contribution in [2.24, 2.45) is 0 Å². The van der Waals surface area contributed by atoms with Gasteiger partial charge in [-0.15, -0.1) is 11.3 Å². The van der Waals surface area contributed by atoms with Gasteiger partial charge in [0.15, 0.2) is 0 Å². The summed E-state index contributed by atoms with van der Waals surface area (Å²) < 4.78 is 26.4. The number of aliphatic hydroxyl groups excluding tert-OH is 1. The molecule has 1 rings (SSSR count). The average Bonchev–Trinajstić information content (AvgIpc) is 2.55. The van der Waals surface area contributed by atoms with Crippen molar-refractivity contribution in [3.8, 4) is 0 Å². The number of halogens is 2. The molecule has 0 saturated heterocycles. The van der Waals surface area contributed by atoms with Gasteiger partial charge in [-0.1, -0.05) is 30.1 Å². The highest BCUT2D eigenvalue weighted by Crippen LogP contribution is 2.34. The maximum Gasteiger partial charge on any atom is 0.243 e. The van der Waals surface area contributed by atoms with Gasteiger partial charge in [0.25, 0.3) is 0 Å². The Morgan fingerprint density at radius 1 is 1.56 bits per heavy atom. The lowest BCUT2D eigenvalue weighted by Crippen LogP contribution is -2.36. The van der Waals surface area contributed by atoms with E-state index in [1.807, 2.05) is 0 Å². The lowest BCUT2D eigenvalue weighted by Gasteiger charge is -2.13. The van der Waals surface area contributed by atoms with E-state index in [-0.39, 0.29) is 15.8 Å². The van der Waals surface area contributed by atoms with Crippen LogP contribution >= 0.6 is 34.5 Å². The van der Waals surface area contributed by atoms with Crippen LogP contribution in [-0.4, -0.2) is 26.2 Å². The van der Waals surface area contributed by atoms with Crippen molar-refractivity contribution >= 4 is 44.6 Å². The van der Waals surface area contributed by atoms with Crippen LogP contribution in [0.25, 0.3) is 0 Å². The molecule has 1 heterocycles. The summed E-state index contributed by atoms with van der Waals surface area (Å²) in [7, 11) is -3.71. The van der Waals surface area contributed by atoms with Crippen LogP contribution in [0.3, 0.4) is 0 Å². The summed E-state index contributed by atoms with van der Waals surface area (Å²) in [6, 6.07) is 0.779. The lowest BCUT2D eigenvalue weighted by molar-refractivity contribution is 0.254. The summed E-state index contributed by atoms with van der Waals surface area (Å²) in [6.45, 7) is 1.51. The Hall–Kier alpha value is 0.150. The van der Waals surface area contributed by atoms with Gasteiger partial charge in [-0.3, -0.25) is 0 Å². The molecule has 0 fully saturated rings. The summed E-state index contributed by atoms with van der Waals surface area (Å²) in [5.74, 6) is 0. The monoisotopic (exact) mass is 303 g/mol. The topological polar surface area (TPSA) is 66.4 Å². The normalized spacial score (nSPS) is 14.0. The highest BCUT2D eigenvalue weighted by molar-refractivity contribution is 7.89. The van der Waals surface area contributed by atoms with Crippen LogP contribution < -0.4 is 4.72 Å². The maximum absolute atomic E-state index is 11.8. The molecule has 1 unspecified atom stereocenters. The van der Waals surface area contributed by atoms with Gasteiger partial charge < -0.3 is 5.11 Å². The minimum absolute atomic E-state index is 0.0453. The van der Waals surface area contributed by atoms with E-state index in [1.165, 1.54) is 6.07 Å². The molecule has 1 atom stereocenters. The van der Waals surface area contributed by atoms with Crippen LogP contribution in [0.4, 0.5) is 0 Å². The number of thiophene rings is 1. The Bertz CT molecular complexity index is 454. The van der Waals surface area contributed by atoms with Gasteiger partial charge in [0.2, 0.25) is 10.0 Å². The molecule has 0 aliphatic rings. The second-order valence-electron chi connectivity index (χ2n) is 3.10. The van der Waals surface area contributed by atoms with Gasteiger partial charge in [0.1, 0.15) is 9.23 Å². The zero-order chi connectivity index (χ0) is 12.3. The van der Waals surface area contributed by atoms with Crippen molar-refractivity contribution in [3.63, 3.8) is 0 Å². The van der Waals surface area contributed by atoms with Gasteiger partial charge in [0, 0.05) is 6.04 Å². The molecule has 0 aromatic carbocycles. The number of hydrogen-bond acceptors (Lipinski definition) is 4. The third kappa shape index (κ3) is 3.32. The summed E-state index contributed by atoms with van der Waals surface area (Å²) in [5, 5.41) is 8.93. The standard InChI is InChI=1S/C8H11Cl2NO3S2/c1-2-5(4-12)11-16(13,14)6-3-7(9)15-8(6)10/h3,5,11-12H,2,4H2,1H3. The number of sulfonamides is 1. The molecule has 4 nitrogen and oxygen atoms in total. The van der Waals surface area contributed by atoms with E-state index >= 15 is 0 Å². The number of hydrogen-bond donors (Lipinski definition) is 2. The first-order chi connectivity index (χ1) is 7.40. The smallest absolute Gasteiger partial charge is 0.243 e. The Balaban J connectivity index is 2.98. The fourth-order valence-corrected chi connectivity index (χ4v) is 4.50. The minimum Gasteiger partial charge on any atom is -0.395 e. The number of aliphatic hydroxyl groups is 1. The van der Waals surface area contributed by atoms with Crippen molar-refractivity contribution in [2.75, 3.05) is 6.61 Å². The van der Waals surface area contributed by atoms with Gasteiger partial charge in [0.05, 0.1) is 10.9 Å². The van der Waals surface area contributed by atoms with Crippen molar-refractivity contribution < 1.29 is 13.5 Å². The second kappa shape index (κ2) is 5.66. The van der Waals surface area contributed by atoms with E-state index in [0.717, 1.165) is 11.3 Å². The van der Waals surface area contributed by atoms with E-state index in [0.29, 0.717) is 10.8 Å². The number of nitrogens with one attached hydrogen (secondary N) is 1. The first-order valence-corrected chi connectivity index (χ1v) is 7.54. The Labute approximate surface area is 108 Å². The summed E-state index contributed by atoms with van der Waals surface area (Å²) >= 11 is 12.4. The molecule has 0 amide bonds. The molecule has 2 N–H and O–H groups in total. The van der Waals surface area contributed by atoms with Gasteiger partial charge in [-0.2, -0.15) is 0 Å². The van der Waals surface area contributed by atoms with Crippen LogP contribution in [0.2, 0.25) is 8.67 Å². The molecule has 92 valence electrons. The summed E-state index contributed by atoms with van der Waals surface area (Å²) in [5.41, 5.74) is 0. The Morgan fingerprint density at radius 2 is 2.19 bits per heavy atom. The fraction of sp³-hybridized carbons (Fsp3) is 0.500. The Kier molecular flexibility index (Phi) is 5.03. The molecule has 8 heteroatoms. The van der Waals surface area contributed by atoms with Crippen LogP contribution in [-0.2, 0) is 10.0 Å². The molecule has 16 heavy (non-hydrogen) atoms. The molecule has 1 aromatic heterocycles. The molecular formula is C8H11Cl2NO3S2. The van der Waals surface area contributed by atoms with Crippen LogP contribution in [0.15, 0.2) is 11.0 Å². The average molecular weight is 304 g/mol. The van der Waals surface area contributed by atoms with Gasteiger partial charge in [-0.25, -0.2) is 13.1 Å². The van der Waals surface area contributed by atoms with E-state index in [1.54, 1.807) is 6.92 Å². The molecule has 0 bridgehead atoms. The van der Waals surface area contributed by atoms with Crippen LogP contribution in [0.5, 0.6) is 0 Å². The second-order valence-corrected chi connectivity index (χ2v) is 7.07. The van der Waals surface area contributed by atoms with Gasteiger partial charge in [-0.05, 0) is 12.5 Å². The van der Waals surface area contributed by atoms with Crippen LogP contribution in [0.1, 0.15) is 13.3 Å². The van der Waals surface area contributed by atoms with Crippen molar-refractivity contribution in [1.82, 2.24) is 4.72 Å². The predicted octanol–water partition coefficient (Wildman–Crippen LogP) is 2.10. The molecule has 0 radical (unpaired) electrons. The Morgan fingerprint density at radius 3 is 2.56 bits per heavy atom. The summed E-state index contributed by atoms with van der Waals surface area (Å²) in [6.07, 6.45) is 0.491. The van der Waals surface area contributed by atoms with E-state index < -0.39 is 16.1 Å². The molecular weight excluding hydrogens is 293 g/mol. The highest BCUT2D eigenvalue weighted by atomic mass is 35.5. The molecule has 0 aliphatic heterocycles. The SMILES string of the molecule is CCC(CO)NS(=O)(=O)c1cc(Cl)sc1Cl. The zero-order valence-corrected chi connectivity index (χ0v) is 11.5. The van der Waals surface area contributed by atoms with Crippen LogP contribution in [0, 0.1) is 0 Å². The predicted molar refractivity (Wildman–Crippen MR) is 65.8 cm³/mol. The van der Waals surface area contributed by atoms with E-state index in [9.17, 15) is 8.42 Å². The lowest BCUT2D eigenvalue weighted by atomic mass is 10.3. The zero-order valence-electron chi connectivity index (χ0n) is 8.41. The number of rotatable bonds is 5. The third-order valence-electron chi connectivity index (χ3n) is 1.95. The van der Waals surface area contributed by atoms with Crippen molar-refractivity contribution in [3.05, 3.63) is 14.7 Å². The first-order valence-electron chi connectivity index (χ1n) is 4.48. The fourth-order valence-electron chi connectivity index (χ4n) is 1.04. The van der Waals surface area contributed by atoms with Crippen molar-refractivity contribution in [2.45, 2.75) is 24.3 Å². The quantitative estimate of drug-likeness (QED) is 0.875. The molecule has 0 spiro atoms. The van der Waals surface area contributed by atoms with E-state index in [2.05, 4.69) is 4.72 Å². The van der Waals surface area contributed by atoms with Gasteiger partial charge >= 0.3 is 0 Å². The molecule has 1 aromatic rings. The minimum atomic E-state index is -3.71.